The third-order valence-electron chi connectivity index (χ3n) is 11.1. The molecule has 1 amide bonds. The van der Waals surface area contributed by atoms with Crippen LogP contribution < -0.4 is 4.90 Å². The Kier molecular flexibility index (Phi) is 7.53. The van der Waals surface area contributed by atoms with Crippen LogP contribution in [0.4, 0.5) is 11.4 Å². The maximum absolute atomic E-state index is 13.0. The van der Waals surface area contributed by atoms with Crippen LogP contribution in [-0.4, -0.2) is 48.9 Å². The van der Waals surface area contributed by atoms with E-state index in [0.717, 1.165) is 39.3 Å². The Balaban J connectivity index is 1.03. The molecule has 49 heavy (non-hydrogen) atoms. The molecule has 4 unspecified atom stereocenters. The van der Waals surface area contributed by atoms with Gasteiger partial charge in [0.1, 0.15) is 10.4 Å². The van der Waals surface area contributed by atoms with E-state index >= 15 is 0 Å². The second-order valence-corrected chi connectivity index (χ2v) is 15.3. The molecule has 2 heterocycles. The van der Waals surface area contributed by atoms with Crippen LogP contribution in [0.25, 0.3) is 28.3 Å². The molecule has 0 radical (unpaired) electrons. The molecule has 3 fully saturated rings. The fourth-order valence-corrected chi connectivity index (χ4v) is 9.99. The fourth-order valence-electron chi connectivity index (χ4n) is 8.64. The molecule has 4 aliphatic rings. The number of thiocarbonyl (C=S) groups is 1. The number of carboxylic acids is 2. The zero-order valence-electron chi connectivity index (χ0n) is 26.8. The number of anilines is 2. The topological polar surface area (TPSA) is 98.2 Å². The molecular formula is C40H34N2O5S2. The van der Waals surface area contributed by atoms with Gasteiger partial charge in [0.15, 0.2) is 0 Å². The molecule has 2 N–H and O–H groups in total. The second kappa shape index (κ2) is 11.7. The molecule has 4 aromatic rings. The first-order valence-corrected chi connectivity index (χ1v) is 17.8. The highest BCUT2D eigenvalue weighted by atomic mass is 32.2. The maximum atomic E-state index is 13.0. The molecule has 7 nitrogen and oxygen atoms in total. The predicted molar refractivity (Wildman–Crippen MR) is 197 cm³/mol. The van der Waals surface area contributed by atoms with E-state index in [1.54, 1.807) is 6.08 Å². The summed E-state index contributed by atoms with van der Waals surface area (Å²) >= 11 is 6.22. The SMILES string of the molecule is CC12CCCC3CC31N(c1ccccc1)c1ccc(-c3ccc(-c4ccc(/C=C5\SC(=S)N(C(CC(=O)O)C(=O)O)C5=O)cc4)cc3)cc12. The number of nitrogens with zero attached hydrogens (tertiary/aromatic N) is 2. The van der Waals surface area contributed by atoms with Crippen LogP contribution in [0.3, 0.4) is 0 Å². The van der Waals surface area contributed by atoms with E-state index in [4.69, 9.17) is 17.3 Å². The van der Waals surface area contributed by atoms with Gasteiger partial charge in [0.05, 0.1) is 16.9 Å². The molecule has 8 rings (SSSR count). The van der Waals surface area contributed by atoms with Crippen molar-refractivity contribution < 1.29 is 24.6 Å². The second-order valence-electron chi connectivity index (χ2n) is 13.7. The lowest BCUT2D eigenvalue weighted by molar-refractivity contribution is -0.150. The standard InChI is InChI=1S/C40H34N2O5S2/c1-39-19-5-6-29-23-40(29,39)42(30-7-3-2-4-8-30)32-18-17-28(21-31(32)39)27-15-13-26(14-16-27)25-11-9-24(10-12-25)20-34-36(45)41(38(48)49-34)33(37(46)47)22-35(43)44/h2-4,7-18,20-21,29,33H,5-6,19,22-23H2,1H3,(H,43,44)(H,46,47)/b34-20-. The summed E-state index contributed by atoms with van der Waals surface area (Å²) in [5.41, 5.74) is 9.63. The van der Waals surface area contributed by atoms with Crippen LogP contribution in [0.15, 0.2) is 102 Å². The number of para-hydroxylation sites is 1. The number of hydrogen-bond acceptors (Lipinski definition) is 6. The third kappa shape index (κ3) is 5.01. The lowest BCUT2D eigenvalue weighted by atomic mass is 9.68. The number of carbonyl (C=O) groups excluding carboxylic acids is 1. The van der Waals surface area contributed by atoms with Crippen molar-refractivity contribution in [3.05, 3.63) is 113 Å². The van der Waals surface area contributed by atoms with Gasteiger partial charge in [-0.3, -0.25) is 14.5 Å². The zero-order valence-corrected chi connectivity index (χ0v) is 28.5. The van der Waals surface area contributed by atoms with Crippen molar-refractivity contribution in [3.63, 3.8) is 0 Å². The normalized spacial score (nSPS) is 25.2. The summed E-state index contributed by atoms with van der Waals surface area (Å²) in [4.78, 5) is 39.7. The number of thioether (sulfide) groups is 1. The summed E-state index contributed by atoms with van der Waals surface area (Å²) in [5, 5.41) is 18.6. The van der Waals surface area contributed by atoms with Crippen LogP contribution in [0, 0.1) is 5.92 Å². The average molecular weight is 687 g/mol. The Morgan fingerprint density at radius 1 is 0.939 bits per heavy atom. The van der Waals surface area contributed by atoms with Crippen molar-refractivity contribution in [2.45, 2.75) is 56.0 Å². The van der Waals surface area contributed by atoms with Crippen molar-refractivity contribution in [1.82, 2.24) is 4.90 Å². The van der Waals surface area contributed by atoms with Gasteiger partial charge in [0, 0.05) is 16.8 Å². The summed E-state index contributed by atoms with van der Waals surface area (Å²) < 4.78 is 0.0302. The molecule has 4 atom stereocenters. The van der Waals surface area contributed by atoms with Crippen LogP contribution in [0.1, 0.15) is 50.2 Å². The smallest absolute Gasteiger partial charge is 0.327 e. The molecule has 1 saturated heterocycles. The van der Waals surface area contributed by atoms with Gasteiger partial charge in [0.25, 0.3) is 5.91 Å². The number of aliphatic carboxylic acids is 2. The van der Waals surface area contributed by atoms with Crippen LogP contribution in [0.2, 0.25) is 0 Å². The molecule has 9 heteroatoms. The average Bonchev–Trinajstić information content (AvgIpc) is 3.72. The first-order chi connectivity index (χ1) is 23.6. The molecular weight excluding hydrogens is 653 g/mol. The van der Waals surface area contributed by atoms with E-state index in [1.807, 2.05) is 24.3 Å². The van der Waals surface area contributed by atoms with Gasteiger partial charge in [-0.2, -0.15) is 0 Å². The van der Waals surface area contributed by atoms with Gasteiger partial charge in [0.2, 0.25) is 0 Å². The Bertz CT molecular complexity index is 2060. The van der Waals surface area contributed by atoms with E-state index in [1.165, 1.54) is 53.7 Å². The Labute approximate surface area is 294 Å². The Morgan fingerprint density at radius 2 is 1.57 bits per heavy atom. The van der Waals surface area contributed by atoms with Crippen LogP contribution in [0.5, 0.6) is 0 Å². The number of hydrogen-bond donors (Lipinski definition) is 2. The first kappa shape index (κ1) is 31.5. The highest BCUT2D eigenvalue weighted by Gasteiger charge is 2.73. The minimum absolute atomic E-state index is 0.0302. The molecule has 246 valence electrons. The predicted octanol–water partition coefficient (Wildman–Crippen LogP) is 8.50. The molecule has 0 aromatic heterocycles. The number of carbonyl (C=O) groups is 3. The van der Waals surface area contributed by atoms with Crippen molar-refractivity contribution in [2.24, 2.45) is 5.92 Å². The van der Waals surface area contributed by atoms with Gasteiger partial charge in [-0.15, -0.1) is 0 Å². The van der Waals surface area contributed by atoms with Gasteiger partial charge >= 0.3 is 11.9 Å². The van der Waals surface area contributed by atoms with Crippen LogP contribution in [-0.2, 0) is 19.8 Å². The van der Waals surface area contributed by atoms with E-state index in [-0.39, 0.29) is 20.2 Å². The van der Waals surface area contributed by atoms with Crippen molar-refractivity contribution in [2.75, 3.05) is 4.90 Å². The maximum Gasteiger partial charge on any atom is 0.327 e. The molecule has 0 bridgehead atoms. The van der Waals surface area contributed by atoms with E-state index in [2.05, 4.69) is 84.6 Å². The number of amides is 1. The number of carboxylic acid groups (broad SMARTS) is 2. The Morgan fingerprint density at radius 3 is 2.22 bits per heavy atom. The number of rotatable bonds is 8. The Hall–Kier alpha value is -4.73. The molecule has 2 aliphatic heterocycles. The highest BCUT2D eigenvalue weighted by molar-refractivity contribution is 8.26. The summed E-state index contributed by atoms with van der Waals surface area (Å²) in [5.74, 6) is -2.60. The summed E-state index contributed by atoms with van der Waals surface area (Å²) in [6.45, 7) is 2.50. The minimum atomic E-state index is -1.56. The lowest BCUT2D eigenvalue weighted by Gasteiger charge is -2.42. The third-order valence-corrected chi connectivity index (χ3v) is 12.4. The zero-order chi connectivity index (χ0) is 34.1. The molecule has 2 saturated carbocycles. The number of fused-ring (bicyclic) bond motifs is 2. The van der Waals surface area contributed by atoms with Gasteiger partial charge in [-0.05, 0) is 88.9 Å². The number of benzene rings is 4. The van der Waals surface area contributed by atoms with E-state index < -0.39 is 30.3 Å². The van der Waals surface area contributed by atoms with Crippen molar-refractivity contribution in [3.8, 4) is 22.3 Å². The van der Waals surface area contributed by atoms with Crippen molar-refractivity contribution in [1.29, 1.82) is 0 Å². The van der Waals surface area contributed by atoms with Gasteiger partial charge in [-0.25, -0.2) is 4.79 Å². The lowest BCUT2D eigenvalue weighted by Crippen LogP contribution is -2.47. The summed E-state index contributed by atoms with van der Waals surface area (Å²) in [6, 6.07) is 32.7. The van der Waals surface area contributed by atoms with E-state index in [0.29, 0.717) is 0 Å². The fraction of sp³-hybridized carbons (Fsp3) is 0.250. The quantitative estimate of drug-likeness (QED) is 0.141. The van der Waals surface area contributed by atoms with E-state index in [9.17, 15) is 19.5 Å². The summed E-state index contributed by atoms with van der Waals surface area (Å²) in [6.07, 6.45) is 5.97. The molecule has 1 spiro atoms. The molecule has 4 aromatic carbocycles. The largest absolute Gasteiger partial charge is 0.481 e. The monoisotopic (exact) mass is 686 g/mol. The van der Waals surface area contributed by atoms with Gasteiger partial charge < -0.3 is 15.1 Å². The minimum Gasteiger partial charge on any atom is -0.481 e. The summed E-state index contributed by atoms with van der Waals surface area (Å²) in [7, 11) is 0. The van der Waals surface area contributed by atoms with Crippen molar-refractivity contribution >= 4 is 63.6 Å². The molecule has 2 aliphatic carbocycles. The van der Waals surface area contributed by atoms with Crippen LogP contribution >= 0.6 is 24.0 Å². The highest BCUT2D eigenvalue weighted by Crippen LogP contribution is 2.73. The van der Waals surface area contributed by atoms with Gasteiger partial charge in [-0.1, -0.05) is 110 Å². The first-order valence-electron chi connectivity index (χ1n) is 16.5.